The molecule has 10 heteroatoms. The molecule has 3 aromatic rings. The fraction of sp³-hybridized carbons (Fsp3) is 0.381. The second-order valence-corrected chi connectivity index (χ2v) is 7.48. The van der Waals surface area contributed by atoms with Crippen molar-refractivity contribution in [2.75, 3.05) is 25.5 Å². The van der Waals surface area contributed by atoms with Crippen LogP contribution in [0.5, 0.6) is 5.88 Å². The number of carbonyl (C=O) groups excluding carboxylic acids is 1. The maximum Gasteiger partial charge on any atom is 0.320 e. The highest BCUT2D eigenvalue weighted by Crippen LogP contribution is 2.36. The number of halogens is 2. The van der Waals surface area contributed by atoms with Crippen LogP contribution in [0.1, 0.15) is 18.4 Å². The lowest BCUT2D eigenvalue weighted by molar-refractivity contribution is 0.0512. The summed E-state index contributed by atoms with van der Waals surface area (Å²) in [7, 11) is 1.65. The maximum atomic E-state index is 13.8. The Morgan fingerprint density at radius 3 is 2.84 bits per heavy atom. The number of amides is 2. The van der Waals surface area contributed by atoms with Gasteiger partial charge in [-0.1, -0.05) is 30.3 Å². The molecule has 3 N–H and O–H groups in total. The lowest BCUT2D eigenvalue weighted by atomic mass is 9.88. The number of hydrogen-bond donors (Lipinski definition) is 3. The van der Waals surface area contributed by atoms with Crippen molar-refractivity contribution in [3.8, 4) is 5.88 Å². The molecule has 31 heavy (non-hydrogen) atoms. The van der Waals surface area contributed by atoms with Crippen LogP contribution in [0, 0.1) is 0 Å². The monoisotopic (exact) mass is 430 g/mol. The number of carbonyl (C=O) groups is 1. The summed E-state index contributed by atoms with van der Waals surface area (Å²) in [6, 6.07) is 8.76. The van der Waals surface area contributed by atoms with Gasteiger partial charge in [0.2, 0.25) is 5.88 Å². The molecule has 1 aliphatic heterocycles. The van der Waals surface area contributed by atoms with Gasteiger partial charge in [-0.25, -0.2) is 18.6 Å². The van der Waals surface area contributed by atoms with E-state index in [0.717, 1.165) is 5.56 Å². The molecule has 1 aliphatic rings. The van der Waals surface area contributed by atoms with Gasteiger partial charge in [0.25, 0.3) is 6.43 Å². The average Bonchev–Trinajstić information content (AvgIpc) is 3.29. The average molecular weight is 430 g/mol. The lowest BCUT2D eigenvalue weighted by Crippen LogP contribution is -2.43. The molecule has 2 aromatic heterocycles. The van der Waals surface area contributed by atoms with E-state index in [2.05, 4.69) is 25.8 Å². The van der Waals surface area contributed by atoms with Gasteiger partial charge in [0.1, 0.15) is 5.82 Å². The van der Waals surface area contributed by atoms with Crippen LogP contribution in [0.25, 0.3) is 10.9 Å². The molecule has 0 radical (unpaired) electrons. The van der Waals surface area contributed by atoms with Gasteiger partial charge in [0.15, 0.2) is 0 Å². The van der Waals surface area contributed by atoms with E-state index in [1.165, 1.54) is 0 Å². The van der Waals surface area contributed by atoms with Crippen LogP contribution < -0.4 is 15.4 Å². The number of rotatable bonds is 6. The minimum absolute atomic E-state index is 0.310. The van der Waals surface area contributed by atoms with Crippen LogP contribution in [0.4, 0.5) is 19.4 Å². The van der Waals surface area contributed by atoms with Crippen molar-refractivity contribution in [1.82, 2.24) is 25.4 Å². The molecule has 0 aliphatic carbocycles. The predicted molar refractivity (Wildman–Crippen MR) is 113 cm³/mol. The number of aromatic amines is 1. The molecule has 0 spiro atoms. The smallest absolute Gasteiger partial charge is 0.320 e. The molecule has 4 rings (SSSR count). The molecule has 2 amide bonds. The molecule has 8 nitrogen and oxygen atoms in total. The number of alkyl halides is 2. The number of fused-ring (bicyclic) bond motifs is 1. The quantitative estimate of drug-likeness (QED) is 0.558. The molecule has 1 saturated heterocycles. The van der Waals surface area contributed by atoms with Gasteiger partial charge < -0.3 is 10.1 Å². The summed E-state index contributed by atoms with van der Waals surface area (Å²) in [5.74, 6) is 0.220. The summed E-state index contributed by atoms with van der Waals surface area (Å²) >= 11 is 0. The van der Waals surface area contributed by atoms with Gasteiger partial charge in [-0.3, -0.25) is 15.3 Å². The molecule has 0 saturated carbocycles. The topological polar surface area (TPSA) is 95.2 Å². The molecule has 3 atom stereocenters. The first kappa shape index (κ1) is 21.0. The summed E-state index contributed by atoms with van der Waals surface area (Å²) in [5, 5.41) is 13.1. The van der Waals surface area contributed by atoms with Crippen LogP contribution in [-0.2, 0) is 0 Å². The Kier molecular flexibility index (Phi) is 5.99. The minimum Gasteiger partial charge on any atom is -0.476 e. The summed E-state index contributed by atoms with van der Waals surface area (Å²) in [6.07, 6.45) is -0.975. The van der Waals surface area contributed by atoms with E-state index in [0.29, 0.717) is 35.8 Å². The summed E-state index contributed by atoms with van der Waals surface area (Å²) in [6.45, 7) is 2.64. The van der Waals surface area contributed by atoms with Gasteiger partial charge in [-0.15, -0.1) is 5.10 Å². The van der Waals surface area contributed by atoms with Crippen molar-refractivity contribution >= 4 is 22.8 Å². The number of pyridine rings is 1. The standard InChI is InChI=1S/C21H24F2N6O2/c1-3-31-20-13-10-24-16(9-14(13)27-28-20)26-21(30)25-15-11-29(2)18(19(22)23)17(15)12-7-5-4-6-8-12/h4-10,15,17-19H,3,11H2,1-2H3,(H,27,28)(H2,24,25,26,30)/t15-,17-,18-/m1/s1. The van der Waals surface area contributed by atoms with Crippen LogP contribution >= 0.6 is 0 Å². The van der Waals surface area contributed by atoms with Gasteiger partial charge in [0.05, 0.1) is 29.6 Å². The highest BCUT2D eigenvalue weighted by Gasteiger charge is 2.46. The first-order valence-corrected chi connectivity index (χ1v) is 10.1. The van der Waals surface area contributed by atoms with Crippen molar-refractivity contribution in [2.24, 2.45) is 0 Å². The van der Waals surface area contributed by atoms with Crippen LogP contribution in [0.15, 0.2) is 42.6 Å². The van der Waals surface area contributed by atoms with Crippen molar-refractivity contribution in [1.29, 1.82) is 0 Å². The second-order valence-electron chi connectivity index (χ2n) is 7.48. The number of nitrogens with one attached hydrogen (secondary N) is 3. The Morgan fingerprint density at radius 2 is 2.13 bits per heavy atom. The van der Waals surface area contributed by atoms with E-state index in [1.54, 1.807) is 24.2 Å². The zero-order chi connectivity index (χ0) is 22.0. The normalized spacial score (nSPS) is 21.5. The first-order chi connectivity index (χ1) is 15.0. The van der Waals surface area contributed by atoms with Crippen molar-refractivity contribution in [3.63, 3.8) is 0 Å². The van der Waals surface area contributed by atoms with Crippen LogP contribution in [0.2, 0.25) is 0 Å². The van der Waals surface area contributed by atoms with Gasteiger partial charge in [-0.05, 0) is 19.5 Å². The number of ether oxygens (including phenoxy) is 1. The van der Waals surface area contributed by atoms with Gasteiger partial charge in [0, 0.05) is 24.7 Å². The molecule has 0 unspecified atom stereocenters. The van der Waals surface area contributed by atoms with Crippen LogP contribution in [-0.4, -0.2) is 64.8 Å². The third-order valence-corrected chi connectivity index (χ3v) is 5.49. The number of anilines is 1. The molecule has 0 bridgehead atoms. The molecular weight excluding hydrogens is 406 g/mol. The van der Waals surface area contributed by atoms with Gasteiger partial charge in [-0.2, -0.15) is 0 Å². The van der Waals surface area contributed by atoms with Crippen LogP contribution in [0.3, 0.4) is 0 Å². The number of likely N-dealkylation sites (N-methyl/N-ethyl adjacent to an activating group) is 1. The fourth-order valence-electron chi connectivity index (χ4n) is 4.17. The summed E-state index contributed by atoms with van der Waals surface area (Å²) in [4.78, 5) is 18.5. The zero-order valence-corrected chi connectivity index (χ0v) is 17.2. The second kappa shape index (κ2) is 8.84. The highest BCUT2D eigenvalue weighted by atomic mass is 19.3. The molecule has 164 valence electrons. The third kappa shape index (κ3) is 4.29. The Labute approximate surface area is 178 Å². The maximum absolute atomic E-state index is 13.8. The summed E-state index contributed by atoms with van der Waals surface area (Å²) < 4.78 is 33.0. The highest BCUT2D eigenvalue weighted by molar-refractivity contribution is 5.92. The molecular formula is C21H24F2N6O2. The SMILES string of the molecule is CCOc1n[nH]c2cc(NC(=O)N[C@@H]3CN(C)[C@@H](C(F)F)[C@@H]3c3ccccc3)ncc12. The number of hydrogen-bond acceptors (Lipinski definition) is 5. The predicted octanol–water partition coefficient (Wildman–Crippen LogP) is 3.21. The fourth-order valence-corrected chi connectivity index (χ4v) is 4.17. The van der Waals surface area contributed by atoms with E-state index in [9.17, 15) is 13.6 Å². The number of nitrogens with zero attached hydrogens (tertiary/aromatic N) is 3. The van der Waals surface area contributed by atoms with Gasteiger partial charge >= 0.3 is 6.03 Å². The number of likely N-dealkylation sites (tertiary alicyclic amines) is 1. The Bertz CT molecular complexity index is 1040. The zero-order valence-electron chi connectivity index (χ0n) is 17.2. The van der Waals surface area contributed by atoms with Crippen molar-refractivity contribution < 1.29 is 18.3 Å². The van der Waals surface area contributed by atoms with E-state index in [-0.39, 0.29) is 0 Å². The Morgan fingerprint density at radius 1 is 1.35 bits per heavy atom. The number of urea groups is 1. The molecule has 1 aromatic carbocycles. The lowest BCUT2D eigenvalue weighted by Gasteiger charge is -2.26. The Balaban J connectivity index is 1.50. The molecule has 3 heterocycles. The third-order valence-electron chi connectivity index (χ3n) is 5.49. The number of aromatic nitrogens is 3. The van der Waals surface area contributed by atoms with E-state index in [1.807, 2.05) is 37.3 Å². The largest absolute Gasteiger partial charge is 0.476 e. The van der Waals surface area contributed by atoms with E-state index < -0.39 is 30.5 Å². The number of benzene rings is 1. The first-order valence-electron chi connectivity index (χ1n) is 10.1. The van der Waals surface area contributed by atoms with E-state index >= 15 is 0 Å². The summed E-state index contributed by atoms with van der Waals surface area (Å²) in [5.41, 5.74) is 1.43. The van der Waals surface area contributed by atoms with Crippen molar-refractivity contribution in [3.05, 3.63) is 48.2 Å². The van der Waals surface area contributed by atoms with E-state index in [4.69, 9.17) is 4.74 Å². The Hall–Kier alpha value is -3.27. The minimum atomic E-state index is -2.53. The molecule has 1 fully saturated rings. The van der Waals surface area contributed by atoms with Crippen molar-refractivity contribution in [2.45, 2.75) is 31.4 Å². The number of H-pyrrole nitrogens is 1.